The Hall–Kier alpha value is -3.21. The van der Waals surface area contributed by atoms with Gasteiger partial charge in [-0.15, -0.1) is 0 Å². The van der Waals surface area contributed by atoms with Crippen LogP contribution in [0.5, 0.6) is 0 Å². The molecule has 0 radical (unpaired) electrons. The summed E-state index contributed by atoms with van der Waals surface area (Å²) >= 11 is 0. The monoisotopic (exact) mass is 373 g/mol. The number of fused-ring (bicyclic) bond motifs is 1. The standard InChI is InChI=1S/C23H23N3O2/c24-22(27)19-7-5-16(6-8-19)15-17-10-13-26(14-11-17)23(28)21-20-4-2-1-3-18(20)9-12-25-21/h1-9,12,17H,10-11,13-15H2,(H2,24,27). The number of hydrogen-bond acceptors (Lipinski definition) is 3. The molecule has 0 unspecified atom stereocenters. The van der Waals surface area contributed by atoms with Gasteiger partial charge in [0, 0.05) is 30.2 Å². The minimum Gasteiger partial charge on any atom is -0.366 e. The second-order valence-corrected chi connectivity index (χ2v) is 7.38. The predicted octanol–water partition coefficient (Wildman–Crippen LogP) is 3.43. The number of benzene rings is 2. The molecule has 4 rings (SSSR count). The van der Waals surface area contributed by atoms with Crippen LogP contribution < -0.4 is 5.73 Å². The summed E-state index contributed by atoms with van der Waals surface area (Å²) in [5, 5.41) is 1.95. The normalized spacial score (nSPS) is 14.9. The highest BCUT2D eigenvalue weighted by Gasteiger charge is 2.25. The van der Waals surface area contributed by atoms with Crippen LogP contribution in [0.15, 0.2) is 60.8 Å². The quantitative estimate of drug-likeness (QED) is 0.761. The lowest BCUT2D eigenvalue weighted by molar-refractivity contribution is 0.0686. The smallest absolute Gasteiger partial charge is 0.273 e. The molecule has 0 atom stereocenters. The van der Waals surface area contributed by atoms with Gasteiger partial charge in [0.25, 0.3) is 5.91 Å². The first-order valence-corrected chi connectivity index (χ1v) is 9.63. The summed E-state index contributed by atoms with van der Waals surface area (Å²) < 4.78 is 0. The lowest BCUT2D eigenvalue weighted by Crippen LogP contribution is -2.39. The number of nitrogens with zero attached hydrogens (tertiary/aromatic N) is 2. The predicted molar refractivity (Wildman–Crippen MR) is 109 cm³/mol. The van der Waals surface area contributed by atoms with Crippen LogP contribution in [-0.2, 0) is 6.42 Å². The van der Waals surface area contributed by atoms with Crippen molar-refractivity contribution in [2.75, 3.05) is 13.1 Å². The summed E-state index contributed by atoms with van der Waals surface area (Å²) in [6.07, 6.45) is 4.59. The number of carbonyl (C=O) groups excluding carboxylic acids is 2. The maximum absolute atomic E-state index is 13.0. The third-order valence-electron chi connectivity index (χ3n) is 5.54. The molecular weight excluding hydrogens is 350 g/mol. The highest BCUT2D eigenvalue weighted by atomic mass is 16.2. The first-order chi connectivity index (χ1) is 13.6. The fourth-order valence-corrected chi connectivity index (χ4v) is 3.92. The van der Waals surface area contributed by atoms with E-state index in [-0.39, 0.29) is 5.91 Å². The van der Waals surface area contributed by atoms with Crippen LogP contribution in [0.1, 0.15) is 39.3 Å². The maximum Gasteiger partial charge on any atom is 0.273 e. The summed E-state index contributed by atoms with van der Waals surface area (Å²) in [7, 11) is 0. The Kier molecular flexibility index (Phi) is 5.06. The minimum absolute atomic E-state index is 0.0149. The summed E-state index contributed by atoms with van der Waals surface area (Å²) in [6.45, 7) is 1.49. The van der Waals surface area contributed by atoms with Gasteiger partial charge in [-0.2, -0.15) is 0 Å². The molecule has 0 aliphatic carbocycles. The van der Waals surface area contributed by atoms with E-state index in [1.165, 1.54) is 5.56 Å². The number of carbonyl (C=O) groups is 2. The van der Waals surface area contributed by atoms with E-state index in [1.54, 1.807) is 18.3 Å². The van der Waals surface area contributed by atoms with E-state index in [1.807, 2.05) is 47.4 Å². The van der Waals surface area contributed by atoms with Crippen molar-refractivity contribution in [1.82, 2.24) is 9.88 Å². The average molecular weight is 373 g/mol. The van der Waals surface area contributed by atoms with Gasteiger partial charge in [-0.25, -0.2) is 0 Å². The Morgan fingerprint density at radius 1 is 1.00 bits per heavy atom. The molecule has 28 heavy (non-hydrogen) atoms. The SMILES string of the molecule is NC(=O)c1ccc(CC2CCN(C(=O)c3nccc4ccccc34)CC2)cc1. The van der Waals surface area contributed by atoms with Crippen LogP contribution in [-0.4, -0.2) is 34.8 Å². The van der Waals surface area contributed by atoms with Crippen molar-refractivity contribution < 1.29 is 9.59 Å². The van der Waals surface area contributed by atoms with Gasteiger partial charge < -0.3 is 10.6 Å². The Bertz CT molecular complexity index is 1000. The third kappa shape index (κ3) is 3.74. The largest absolute Gasteiger partial charge is 0.366 e. The molecule has 1 aliphatic heterocycles. The number of hydrogen-bond donors (Lipinski definition) is 1. The highest BCUT2D eigenvalue weighted by molar-refractivity contribution is 6.05. The van der Waals surface area contributed by atoms with E-state index in [0.29, 0.717) is 17.2 Å². The molecule has 1 aromatic heterocycles. The molecule has 2 N–H and O–H groups in total. The number of pyridine rings is 1. The van der Waals surface area contributed by atoms with E-state index in [0.717, 1.165) is 43.1 Å². The Morgan fingerprint density at radius 2 is 1.71 bits per heavy atom. The van der Waals surface area contributed by atoms with E-state index < -0.39 is 5.91 Å². The molecular formula is C23H23N3O2. The number of primary amides is 1. The van der Waals surface area contributed by atoms with E-state index in [2.05, 4.69) is 4.98 Å². The van der Waals surface area contributed by atoms with Crippen LogP contribution in [0.25, 0.3) is 10.8 Å². The van der Waals surface area contributed by atoms with Crippen molar-refractivity contribution in [3.05, 3.63) is 77.6 Å². The van der Waals surface area contributed by atoms with Gasteiger partial charge in [0.05, 0.1) is 0 Å². The molecule has 142 valence electrons. The molecule has 2 amide bonds. The molecule has 2 heterocycles. The molecule has 1 aliphatic rings. The Labute approximate surface area is 164 Å². The number of piperidine rings is 1. The van der Waals surface area contributed by atoms with Crippen molar-refractivity contribution in [1.29, 1.82) is 0 Å². The molecule has 0 bridgehead atoms. The van der Waals surface area contributed by atoms with Crippen molar-refractivity contribution in [2.45, 2.75) is 19.3 Å². The van der Waals surface area contributed by atoms with E-state index in [9.17, 15) is 9.59 Å². The van der Waals surface area contributed by atoms with Crippen LogP contribution in [0, 0.1) is 5.92 Å². The summed E-state index contributed by atoms with van der Waals surface area (Å²) in [5.41, 5.74) is 7.57. The Morgan fingerprint density at radius 3 is 2.43 bits per heavy atom. The van der Waals surface area contributed by atoms with Crippen LogP contribution in [0.3, 0.4) is 0 Å². The number of rotatable bonds is 4. The van der Waals surface area contributed by atoms with Gasteiger partial charge >= 0.3 is 0 Å². The molecule has 2 aromatic carbocycles. The van der Waals surface area contributed by atoms with E-state index in [4.69, 9.17) is 5.73 Å². The molecule has 5 heteroatoms. The molecule has 1 fully saturated rings. The fourth-order valence-electron chi connectivity index (χ4n) is 3.92. The van der Waals surface area contributed by atoms with Crippen molar-refractivity contribution in [3.63, 3.8) is 0 Å². The summed E-state index contributed by atoms with van der Waals surface area (Å²) in [4.78, 5) is 30.5. The lowest BCUT2D eigenvalue weighted by Gasteiger charge is -2.32. The van der Waals surface area contributed by atoms with Gasteiger partial charge in [-0.3, -0.25) is 14.6 Å². The molecule has 3 aromatic rings. The van der Waals surface area contributed by atoms with Crippen LogP contribution in [0.2, 0.25) is 0 Å². The van der Waals surface area contributed by atoms with Crippen molar-refractivity contribution >= 4 is 22.6 Å². The van der Waals surface area contributed by atoms with Gasteiger partial charge in [-0.05, 0) is 54.3 Å². The van der Waals surface area contributed by atoms with Gasteiger partial charge in [-0.1, -0.05) is 36.4 Å². The number of aromatic nitrogens is 1. The minimum atomic E-state index is -0.402. The third-order valence-corrected chi connectivity index (χ3v) is 5.54. The highest BCUT2D eigenvalue weighted by Crippen LogP contribution is 2.24. The number of nitrogens with two attached hydrogens (primary N) is 1. The molecule has 1 saturated heterocycles. The first-order valence-electron chi connectivity index (χ1n) is 9.63. The topological polar surface area (TPSA) is 76.3 Å². The lowest BCUT2D eigenvalue weighted by atomic mass is 9.89. The van der Waals surface area contributed by atoms with Crippen LogP contribution in [0.4, 0.5) is 0 Å². The zero-order valence-corrected chi connectivity index (χ0v) is 15.7. The van der Waals surface area contributed by atoms with Crippen molar-refractivity contribution in [2.24, 2.45) is 11.7 Å². The van der Waals surface area contributed by atoms with Gasteiger partial charge in [0.2, 0.25) is 5.91 Å². The Balaban J connectivity index is 1.39. The number of likely N-dealkylation sites (tertiary alicyclic amines) is 1. The maximum atomic E-state index is 13.0. The second-order valence-electron chi connectivity index (χ2n) is 7.38. The summed E-state index contributed by atoms with van der Waals surface area (Å²) in [5.74, 6) is 0.144. The molecule has 0 spiro atoms. The second kappa shape index (κ2) is 7.80. The van der Waals surface area contributed by atoms with Gasteiger partial charge in [0.1, 0.15) is 5.69 Å². The molecule has 5 nitrogen and oxygen atoms in total. The molecule has 0 saturated carbocycles. The number of amides is 2. The first kappa shape index (κ1) is 18.2. The summed E-state index contributed by atoms with van der Waals surface area (Å²) in [6, 6.07) is 17.3. The zero-order valence-electron chi connectivity index (χ0n) is 15.7. The van der Waals surface area contributed by atoms with Gasteiger partial charge in [0.15, 0.2) is 0 Å². The van der Waals surface area contributed by atoms with Crippen molar-refractivity contribution in [3.8, 4) is 0 Å². The fraction of sp³-hybridized carbons (Fsp3) is 0.261. The zero-order chi connectivity index (χ0) is 19.5. The van der Waals surface area contributed by atoms with E-state index >= 15 is 0 Å². The average Bonchev–Trinajstić information content (AvgIpc) is 2.74. The van der Waals surface area contributed by atoms with Crippen LogP contribution >= 0.6 is 0 Å².